The first kappa shape index (κ1) is 20.0. The Morgan fingerprint density at radius 1 is 1.25 bits per heavy atom. The third-order valence-electron chi connectivity index (χ3n) is 3.90. The number of halogens is 1. The van der Waals surface area contributed by atoms with Crippen molar-refractivity contribution in [2.45, 2.75) is 13.0 Å². The first-order chi connectivity index (χ1) is 13.4. The molecule has 2 aromatic rings. The molecule has 1 fully saturated rings. The Bertz CT molecular complexity index is 943. The maximum Gasteiger partial charge on any atom is 0.305 e. The van der Waals surface area contributed by atoms with Gasteiger partial charge < -0.3 is 9.84 Å². The zero-order valence-corrected chi connectivity index (χ0v) is 16.3. The number of hydrogen-bond donors (Lipinski definition) is 1. The van der Waals surface area contributed by atoms with Crippen molar-refractivity contribution in [3.8, 4) is 5.75 Å². The maximum absolute atomic E-state index is 13.0. The number of carbonyl (C=O) groups is 2. The Hall–Kier alpha value is -2.71. The normalized spacial score (nSPS) is 15.3. The Morgan fingerprint density at radius 2 is 2.00 bits per heavy atom. The van der Waals surface area contributed by atoms with Gasteiger partial charge in [-0.2, -0.15) is 0 Å². The Labute approximate surface area is 170 Å². The summed E-state index contributed by atoms with van der Waals surface area (Å²) < 4.78 is 19.0. The molecule has 1 N–H and O–H groups in total. The van der Waals surface area contributed by atoms with Gasteiger partial charge in [-0.05, 0) is 41.5 Å². The lowest BCUT2D eigenvalue weighted by atomic mass is 10.2. The van der Waals surface area contributed by atoms with E-state index in [1.54, 1.807) is 36.4 Å². The van der Waals surface area contributed by atoms with Gasteiger partial charge in [-0.1, -0.05) is 48.2 Å². The number of aliphatic carboxylic acids is 1. The van der Waals surface area contributed by atoms with Crippen LogP contribution in [0.5, 0.6) is 5.75 Å². The van der Waals surface area contributed by atoms with Gasteiger partial charge in [-0.15, -0.1) is 0 Å². The molecule has 1 saturated heterocycles. The van der Waals surface area contributed by atoms with Crippen molar-refractivity contribution in [3.63, 3.8) is 0 Å². The summed E-state index contributed by atoms with van der Waals surface area (Å²) in [6.07, 6.45) is 1.54. The molecule has 8 heteroatoms. The summed E-state index contributed by atoms with van der Waals surface area (Å²) in [5, 5.41) is 8.79. The van der Waals surface area contributed by atoms with Crippen LogP contribution in [0.1, 0.15) is 17.5 Å². The van der Waals surface area contributed by atoms with Crippen molar-refractivity contribution in [2.75, 3.05) is 6.54 Å². The van der Waals surface area contributed by atoms with Gasteiger partial charge in [0.05, 0.1) is 11.3 Å². The van der Waals surface area contributed by atoms with Crippen LogP contribution in [-0.4, -0.2) is 32.7 Å². The fraction of sp³-hybridized carbons (Fsp3) is 0.150. The molecular weight excluding hydrogens is 401 g/mol. The molecule has 0 spiro atoms. The van der Waals surface area contributed by atoms with Crippen LogP contribution in [-0.2, 0) is 16.2 Å². The van der Waals surface area contributed by atoms with Crippen molar-refractivity contribution >= 4 is 46.3 Å². The lowest BCUT2D eigenvalue weighted by molar-refractivity contribution is -0.137. The highest BCUT2D eigenvalue weighted by molar-refractivity contribution is 8.26. The van der Waals surface area contributed by atoms with E-state index < -0.39 is 5.97 Å². The van der Waals surface area contributed by atoms with Crippen molar-refractivity contribution in [1.29, 1.82) is 0 Å². The molecule has 1 amide bonds. The monoisotopic (exact) mass is 417 g/mol. The van der Waals surface area contributed by atoms with Gasteiger partial charge in [0.25, 0.3) is 5.91 Å². The zero-order chi connectivity index (χ0) is 20.1. The van der Waals surface area contributed by atoms with Crippen LogP contribution in [0.2, 0.25) is 0 Å². The van der Waals surface area contributed by atoms with Crippen LogP contribution < -0.4 is 4.74 Å². The molecule has 3 rings (SSSR count). The molecule has 144 valence electrons. The molecule has 0 aliphatic carbocycles. The number of carbonyl (C=O) groups excluding carboxylic acids is 1. The second-order valence-corrected chi connectivity index (χ2v) is 7.64. The van der Waals surface area contributed by atoms with Crippen LogP contribution in [0.4, 0.5) is 4.39 Å². The minimum absolute atomic E-state index is 0.0537. The molecule has 0 unspecified atom stereocenters. The number of carboxylic acids is 1. The topological polar surface area (TPSA) is 66.8 Å². The van der Waals surface area contributed by atoms with E-state index in [1.165, 1.54) is 17.0 Å². The molecule has 1 aliphatic heterocycles. The van der Waals surface area contributed by atoms with Crippen molar-refractivity contribution in [3.05, 3.63) is 70.4 Å². The number of rotatable bonds is 7. The van der Waals surface area contributed by atoms with Crippen LogP contribution in [0.25, 0.3) is 6.08 Å². The number of ether oxygens (including phenoxy) is 1. The van der Waals surface area contributed by atoms with E-state index >= 15 is 0 Å². The molecule has 0 bridgehead atoms. The van der Waals surface area contributed by atoms with E-state index in [2.05, 4.69) is 0 Å². The second-order valence-electron chi connectivity index (χ2n) is 5.96. The molecule has 0 aromatic heterocycles. The third kappa shape index (κ3) is 5.17. The molecular formula is C20H16FNO4S2. The van der Waals surface area contributed by atoms with Gasteiger partial charge in [0, 0.05) is 6.54 Å². The molecule has 0 radical (unpaired) electrons. The highest BCUT2D eigenvalue weighted by Crippen LogP contribution is 2.33. The Kier molecular flexibility index (Phi) is 6.43. The van der Waals surface area contributed by atoms with Gasteiger partial charge in [0.15, 0.2) is 0 Å². The van der Waals surface area contributed by atoms with Crippen LogP contribution >= 0.6 is 24.0 Å². The second kappa shape index (κ2) is 8.99. The first-order valence-electron chi connectivity index (χ1n) is 8.37. The quantitative estimate of drug-likeness (QED) is 0.541. The maximum atomic E-state index is 13.0. The first-order valence-corrected chi connectivity index (χ1v) is 9.59. The van der Waals surface area contributed by atoms with E-state index in [0.717, 1.165) is 22.9 Å². The minimum atomic E-state index is -0.982. The van der Waals surface area contributed by atoms with E-state index in [9.17, 15) is 14.0 Å². The van der Waals surface area contributed by atoms with E-state index in [0.29, 0.717) is 21.6 Å². The summed E-state index contributed by atoms with van der Waals surface area (Å²) >= 11 is 6.32. The molecule has 2 aromatic carbocycles. The van der Waals surface area contributed by atoms with Crippen LogP contribution in [0.3, 0.4) is 0 Å². The average Bonchev–Trinajstić information content (AvgIpc) is 2.93. The number of thiocarbonyl (C=S) groups is 1. The van der Waals surface area contributed by atoms with Crippen LogP contribution in [0.15, 0.2) is 53.4 Å². The zero-order valence-electron chi connectivity index (χ0n) is 14.6. The van der Waals surface area contributed by atoms with Gasteiger partial charge in [-0.3, -0.25) is 14.5 Å². The van der Waals surface area contributed by atoms with Gasteiger partial charge in [-0.25, -0.2) is 4.39 Å². The smallest absolute Gasteiger partial charge is 0.305 e. The lowest BCUT2D eigenvalue weighted by Gasteiger charge is -2.12. The van der Waals surface area contributed by atoms with Gasteiger partial charge >= 0.3 is 5.97 Å². The predicted octanol–water partition coefficient (Wildman–Crippen LogP) is 4.08. The summed E-state index contributed by atoms with van der Waals surface area (Å²) in [4.78, 5) is 24.9. The number of carboxylic acid groups (broad SMARTS) is 1. The summed E-state index contributed by atoms with van der Waals surface area (Å²) in [5.74, 6) is -0.969. The molecule has 28 heavy (non-hydrogen) atoms. The SMILES string of the molecule is O=C(O)CCN1C(=O)/C(=C/c2cccc(OCc3ccc(F)cc3)c2)SC1=S. The number of nitrogens with zero attached hydrogens (tertiary/aromatic N) is 1. The summed E-state index contributed by atoms with van der Waals surface area (Å²) in [7, 11) is 0. The number of benzene rings is 2. The van der Waals surface area contributed by atoms with Crippen molar-refractivity contribution < 1.29 is 23.8 Å². The van der Waals surface area contributed by atoms with Crippen molar-refractivity contribution in [1.82, 2.24) is 4.90 Å². The summed E-state index contributed by atoms with van der Waals surface area (Å²) in [5.41, 5.74) is 1.60. The summed E-state index contributed by atoms with van der Waals surface area (Å²) in [6.45, 7) is 0.346. The van der Waals surface area contributed by atoms with E-state index in [1.807, 2.05) is 6.07 Å². The average molecular weight is 417 g/mol. The highest BCUT2D eigenvalue weighted by Gasteiger charge is 2.32. The third-order valence-corrected chi connectivity index (χ3v) is 5.28. The molecule has 5 nitrogen and oxygen atoms in total. The Balaban J connectivity index is 1.68. The van der Waals surface area contributed by atoms with E-state index in [-0.39, 0.29) is 24.7 Å². The number of thioether (sulfide) groups is 1. The molecule has 0 atom stereocenters. The van der Waals surface area contributed by atoms with Crippen LogP contribution in [0, 0.1) is 5.82 Å². The summed E-state index contributed by atoms with van der Waals surface area (Å²) in [6, 6.07) is 13.3. The molecule has 1 heterocycles. The number of amides is 1. The van der Waals surface area contributed by atoms with E-state index in [4.69, 9.17) is 22.1 Å². The Morgan fingerprint density at radius 3 is 2.71 bits per heavy atom. The fourth-order valence-electron chi connectivity index (χ4n) is 2.49. The standard InChI is InChI=1S/C20H16FNO4S2/c21-15-6-4-13(5-7-15)12-26-16-3-1-2-14(10-16)11-17-19(25)22(20(27)28-17)9-8-18(23)24/h1-7,10-11H,8-9,12H2,(H,23,24)/b17-11-. The number of hydrogen-bond acceptors (Lipinski definition) is 5. The molecule has 1 aliphatic rings. The van der Waals surface area contributed by atoms with Gasteiger partial charge in [0.2, 0.25) is 0 Å². The predicted molar refractivity (Wildman–Crippen MR) is 109 cm³/mol. The molecule has 0 saturated carbocycles. The van der Waals surface area contributed by atoms with Crippen molar-refractivity contribution in [2.24, 2.45) is 0 Å². The largest absolute Gasteiger partial charge is 0.489 e. The fourth-order valence-corrected chi connectivity index (χ4v) is 3.80. The highest BCUT2D eigenvalue weighted by atomic mass is 32.2. The van der Waals surface area contributed by atoms with Gasteiger partial charge in [0.1, 0.15) is 22.5 Å². The minimum Gasteiger partial charge on any atom is -0.489 e. The lowest BCUT2D eigenvalue weighted by Crippen LogP contribution is -2.30.